The highest BCUT2D eigenvalue weighted by atomic mass is 19.2. The summed E-state index contributed by atoms with van der Waals surface area (Å²) >= 11 is 0. The van der Waals surface area contributed by atoms with Crippen molar-refractivity contribution in [1.82, 2.24) is 9.97 Å². The van der Waals surface area contributed by atoms with Crippen molar-refractivity contribution in [3.63, 3.8) is 0 Å². The molecule has 3 rings (SSSR count). The average molecular weight is 365 g/mol. The van der Waals surface area contributed by atoms with Gasteiger partial charge >= 0.3 is 0 Å². The predicted octanol–water partition coefficient (Wildman–Crippen LogP) is 3.93. The second-order valence-corrected chi connectivity index (χ2v) is 5.55. The SMILES string of the molecule is Cc1nc(Nc2ccccc2C#N)cc(C(=O)Nc2ccc(F)c(F)c2)n1. The Morgan fingerprint density at radius 1 is 1.07 bits per heavy atom. The van der Waals surface area contributed by atoms with Gasteiger partial charge in [-0.1, -0.05) is 12.1 Å². The fourth-order valence-corrected chi connectivity index (χ4v) is 2.34. The van der Waals surface area contributed by atoms with E-state index in [1.165, 1.54) is 12.1 Å². The van der Waals surface area contributed by atoms with Gasteiger partial charge in [0.05, 0.1) is 11.3 Å². The maximum atomic E-state index is 13.3. The van der Waals surface area contributed by atoms with Crippen molar-refractivity contribution in [3.05, 3.63) is 77.2 Å². The van der Waals surface area contributed by atoms with Gasteiger partial charge in [0, 0.05) is 17.8 Å². The highest BCUT2D eigenvalue weighted by Crippen LogP contribution is 2.20. The van der Waals surface area contributed by atoms with Gasteiger partial charge in [0.1, 0.15) is 23.4 Å². The highest BCUT2D eigenvalue weighted by Gasteiger charge is 2.13. The monoisotopic (exact) mass is 365 g/mol. The molecule has 0 bridgehead atoms. The zero-order valence-corrected chi connectivity index (χ0v) is 14.1. The molecule has 27 heavy (non-hydrogen) atoms. The predicted molar refractivity (Wildman–Crippen MR) is 95.5 cm³/mol. The van der Waals surface area contributed by atoms with Crippen LogP contribution < -0.4 is 10.6 Å². The molecule has 0 fully saturated rings. The number of aromatic nitrogens is 2. The molecule has 0 aliphatic heterocycles. The Hall–Kier alpha value is -3.86. The molecule has 0 saturated carbocycles. The van der Waals surface area contributed by atoms with Crippen LogP contribution in [0.3, 0.4) is 0 Å². The smallest absolute Gasteiger partial charge is 0.274 e. The van der Waals surface area contributed by atoms with E-state index in [0.29, 0.717) is 22.9 Å². The lowest BCUT2D eigenvalue weighted by molar-refractivity contribution is 0.102. The number of hydrogen-bond acceptors (Lipinski definition) is 5. The highest BCUT2D eigenvalue weighted by molar-refractivity contribution is 6.03. The maximum Gasteiger partial charge on any atom is 0.274 e. The van der Waals surface area contributed by atoms with Crippen molar-refractivity contribution in [2.75, 3.05) is 10.6 Å². The summed E-state index contributed by atoms with van der Waals surface area (Å²) in [6.07, 6.45) is 0. The molecule has 3 aromatic rings. The Kier molecular flexibility index (Phi) is 5.04. The summed E-state index contributed by atoms with van der Waals surface area (Å²) in [5, 5.41) is 14.6. The maximum absolute atomic E-state index is 13.3. The molecule has 1 heterocycles. The largest absolute Gasteiger partial charge is 0.339 e. The molecule has 0 spiro atoms. The topological polar surface area (TPSA) is 90.7 Å². The van der Waals surface area contributed by atoms with Crippen LogP contribution >= 0.6 is 0 Å². The van der Waals surface area contributed by atoms with Crippen molar-refractivity contribution in [1.29, 1.82) is 5.26 Å². The first kappa shape index (κ1) is 17.9. The average Bonchev–Trinajstić information content (AvgIpc) is 2.64. The third-order valence-corrected chi connectivity index (χ3v) is 3.56. The fraction of sp³-hybridized carbons (Fsp3) is 0.0526. The number of rotatable bonds is 4. The number of carbonyl (C=O) groups is 1. The van der Waals surface area contributed by atoms with Crippen LogP contribution in [-0.4, -0.2) is 15.9 Å². The van der Waals surface area contributed by atoms with E-state index in [1.807, 2.05) is 0 Å². The third kappa shape index (κ3) is 4.22. The summed E-state index contributed by atoms with van der Waals surface area (Å²) in [5.74, 6) is -2.04. The van der Waals surface area contributed by atoms with E-state index < -0.39 is 17.5 Å². The molecular formula is C19H13F2N5O. The molecule has 0 atom stereocenters. The molecule has 0 aliphatic rings. The molecule has 0 saturated heterocycles. The Balaban J connectivity index is 1.85. The number of nitrogens with one attached hydrogen (secondary N) is 2. The molecule has 2 N–H and O–H groups in total. The summed E-state index contributed by atoms with van der Waals surface area (Å²) in [4.78, 5) is 20.6. The van der Waals surface area contributed by atoms with Crippen molar-refractivity contribution in [2.45, 2.75) is 6.92 Å². The Morgan fingerprint density at radius 3 is 2.59 bits per heavy atom. The first-order valence-corrected chi connectivity index (χ1v) is 7.84. The molecule has 2 aromatic carbocycles. The van der Waals surface area contributed by atoms with E-state index in [2.05, 4.69) is 26.7 Å². The standard InChI is InChI=1S/C19H13F2N5O/c1-11-23-17(19(27)25-13-6-7-14(20)15(21)8-13)9-18(24-11)26-16-5-3-2-4-12(16)10-22/h2-9H,1H3,(H,25,27)(H,23,24,26). The first-order chi connectivity index (χ1) is 13.0. The molecule has 134 valence electrons. The minimum Gasteiger partial charge on any atom is -0.339 e. The van der Waals surface area contributed by atoms with Gasteiger partial charge in [-0.2, -0.15) is 5.26 Å². The molecule has 1 aromatic heterocycles. The Labute approximate surface area is 153 Å². The van der Waals surface area contributed by atoms with Crippen LogP contribution in [0.1, 0.15) is 21.9 Å². The van der Waals surface area contributed by atoms with Crippen LogP contribution in [0.2, 0.25) is 0 Å². The zero-order valence-electron chi connectivity index (χ0n) is 14.1. The van der Waals surface area contributed by atoms with Gasteiger partial charge in [-0.3, -0.25) is 4.79 Å². The van der Waals surface area contributed by atoms with Gasteiger partial charge in [0.15, 0.2) is 11.6 Å². The summed E-state index contributed by atoms with van der Waals surface area (Å²) in [6, 6.07) is 13.3. The normalized spacial score (nSPS) is 10.1. The Bertz CT molecular complexity index is 1060. The van der Waals surface area contributed by atoms with Crippen LogP contribution in [0.15, 0.2) is 48.5 Å². The zero-order chi connectivity index (χ0) is 19.4. The summed E-state index contributed by atoms with van der Waals surface area (Å²) in [7, 11) is 0. The number of anilines is 3. The van der Waals surface area contributed by atoms with Gasteiger partial charge < -0.3 is 10.6 Å². The van der Waals surface area contributed by atoms with E-state index in [1.54, 1.807) is 31.2 Å². The second kappa shape index (κ2) is 7.58. The number of hydrogen-bond donors (Lipinski definition) is 2. The van der Waals surface area contributed by atoms with Gasteiger partial charge in [-0.15, -0.1) is 0 Å². The number of nitrogens with zero attached hydrogens (tertiary/aromatic N) is 3. The summed E-state index contributed by atoms with van der Waals surface area (Å²) in [6.45, 7) is 1.61. The Morgan fingerprint density at radius 2 is 1.85 bits per heavy atom. The van der Waals surface area contributed by atoms with Crippen LogP contribution in [0.5, 0.6) is 0 Å². The number of aryl methyl sites for hydroxylation is 1. The van der Waals surface area contributed by atoms with Gasteiger partial charge in [-0.25, -0.2) is 18.7 Å². The third-order valence-electron chi connectivity index (χ3n) is 3.56. The van der Waals surface area contributed by atoms with Gasteiger partial charge in [-0.05, 0) is 31.2 Å². The van der Waals surface area contributed by atoms with Crippen molar-refractivity contribution in [3.8, 4) is 6.07 Å². The lowest BCUT2D eigenvalue weighted by Crippen LogP contribution is -2.15. The van der Waals surface area contributed by atoms with Crippen LogP contribution in [0, 0.1) is 29.9 Å². The van der Waals surface area contributed by atoms with E-state index in [4.69, 9.17) is 5.26 Å². The number of nitriles is 1. The summed E-state index contributed by atoms with van der Waals surface area (Å²) < 4.78 is 26.3. The van der Waals surface area contributed by atoms with Gasteiger partial charge in [0.2, 0.25) is 0 Å². The number of halogens is 2. The van der Waals surface area contributed by atoms with E-state index in [9.17, 15) is 13.6 Å². The van der Waals surface area contributed by atoms with E-state index >= 15 is 0 Å². The molecule has 8 heteroatoms. The van der Waals surface area contributed by atoms with Crippen LogP contribution in [-0.2, 0) is 0 Å². The van der Waals surface area contributed by atoms with Crippen LogP contribution in [0.25, 0.3) is 0 Å². The minimum absolute atomic E-state index is 0.0316. The van der Waals surface area contributed by atoms with E-state index in [-0.39, 0.29) is 11.4 Å². The van der Waals surface area contributed by atoms with Gasteiger partial charge in [0.25, 0.3) is 5.91 Å². The first-order valence-electron chi connectivity index (χ1n) is 7.84. The minimum atomic E-state index is -1.07. The lowest BCUT2D eigenvalue weighted by atomic mass is 10.2. The second-order valence-electron chi connectivity index (χ2n) is 5.55. The number of para-hydroxylation sites is 1. The fourth-order valence-electron chi connectivity index (χ4n) is 2.34. The summed E-state index contributed by atoms with van der Waals surface area (Å²) in [5.41, 5.74) is 1.08. The molecule has 0 aliphatic carbocycles. The number of benzene rings is 2. The molecule has 0 radical (unpaired) electrons. The number of carbonyl (C=O) groups excluding carboxylic acids is 1. The quantitative estimate of drug-likeness (QED) is 0.731. The van der Waals surface area contributed by atoms with Crippen LogP contribution in [0.4, 0.5) is 26.0 Å². The molecule has 6 nitrogen and oxygen atoms in total. The molecule has 1 amide bonds. The molecule has 0 unspecified atom stereocenters. The van der Waals surface area contributed by atoms with Crippen molar-refractivity contribution in [2.24, 2.45) is 0 Å². The van der Waals surface area contributed by atoms with Crippen molar-refractivity contribution >= 4 is 23.1 Å². The van der Waals surface area contributed by atoms with Crippen molar-refractivity contribution < 1.29 is 13.6 Å². The lowest BCUT2D eigenvalue weighted by Gasteiger charge is -2.10. The number of amides is 1. The van der Waals surface area contributed by atoms with E-state index in [0.717, 1.165) is 12.1 Å². The molecular weight excluding hydrogens is 352 g/mol.